The van der Waals surface area contributed by atoms with Crippen molar-refractivity contribution in [3.05, 3.63) is 53.1 Å². The molecule has 10 nitrogen and oxygen atoms in total. The molecule has 0 radical (unpaired) electrons. The van der Waals surface area contributed by atoms with Crippen molar-refractivity contribution >= 4 is 11.8 Å². The predicted molar refractivity (Wildman–Crippen MR) is 118 cm³/mol. The first-order valence-electron chi connectivity index (χ1n) is 10.7. The summed E-state index contributed by atoms with van der Waals surface area (Å²) in [6.07, 6.45) is -13.6. The van der Waals surface area contributed by atoms with Gasteiger partial charge in [-0.2, -0.15) is 13.2 Å². The fraction of sp³-hybridized carbons (Fsp3) is 0.391. The molecule has 5 atom stereocenters. The number of carbonyl (C=O) groups is 2. The SMILES string of the molecule is CNC(=O)c1cc(C(=O)NC)cc(-c2ccc(O[C@H]3O[C@H](CO)[C@@H](O)[C@H](O)[C@@H]3O)c(C(F)(F)F)c2)c1. The van der Waals surface area contributed by atoms with E-state index in [-0.39, 0.29) is 22.3 Å². The Morgan fingerprint density at radius 1 is 0.917 bits per heavy atom. The summed E-state index contributed by atoms with van der Waals surface area (Å²) in [6.45, 7) is -0.786. The molecule has 1 heterocycles. The Kier molecular flexibility index (Phi) is 8.21. The number of ether oxygens (including phenoxy) is 2. The topological polar surface area (TPSA) is 158 Å². The van der Waals surface area contributed by atoms with E-state index >= 15 is 0 Å². The summed E-state index contributed by atoms with van der Waals surface area (Å²) in [6, 6.07) is 6.85. The van der Waals surface area contributed by atoms with Gasteiger partial charge >= 0.3 is 6.18 Å². The number of rotatable bonds is 6. The Hall–Kier alpha value is -3.23. The van der Waals surface area contributed by atoms with E-state index in [0.717, 1.165) is 12.1 Å². The van der Waals surface area contributed by atoms with Crippen molar-refractivity contribution in [2.45, 2.75) is 36.9 Å². The van der Waals surface area contributed by atoms with Gasteiger partial charge in [-0.1, -0.05) is 6.07 Å². The van der Waals surface area contributed by atoms with Crippen LogP contribution in [0.25, 0.3) is 11.1 Å². The molecule has 2 amide bonds. The predicted octanol–water partition coefficient (Wildman–Crippen LogP) is 0.270. The molecule has 1 saturated heterocycles. The number of aliphatic hydroxyl groups is 4. The van der Waals surface area contributed by atoms with Crippen LogP contribution >= 0.6 is 0 Å². The number of halogens is 3. The van der Waals surface area contributed by atoms with Crippen LogP contribution in [0.3, 0.4) is 0 Å². The number of aliphatic hydroxyl groups excluding tert-OH is 4. The highest BCUT2D eigenvalue weighted by atomic mass is 19.4. The van der Waals surface area contributed by atoms with E-state index < -0.39 is 66.6 Å². The normalized spacial score (nSPS) is 24.2. The van der Waals surface area contributed by atoms with E-state index in [9.17, 15) is 43.2 Å². The lowest BCUT2D eigenvalue weighted by molar-refractivity contribution is -0.278. The third kappa shape index (κ3) is 5.60. The third-order valence-corrected chi connectivity index (χ3v) is 5.62. The van der Waals surface area contributed by atoms with E-state index in [1.54, 1.807) is 0 Å². The van der Waals surface area contributed by atoms with Gasteiger partial charge in [0.25, 0.3) is 11.8 Å². The lowest BCUT2D eigenvalue weighted by Crippen LogP contribution is -2.60. The van der Waals surface area contributed by atoms with Crippen molar-refractivity contribution in [2.75, 3.05) is 20.7 Å². The van der Waals surface area contributed by atoms with E-state index in [0.29, 0.717) is 0 Å². The molecule has 0 saturated carbocycles. The summed E-state index contributed by atoms with van der Waals surface area (Å²) < 4.78 is 52.2. The maximum absolute atomic E-state index is 14.0. The molecule has 0 aliphatic carbocycles. The smallest absolute Gasteiger partial charge is 0.419 e. The van der Waals surface area contributed by atoms with E-state index in [2.05, 4.69) is 10.6 Å². The Morgan fingerprint density at radius 2 is 1.50 bits per heavy atom. The van der Waals surface area contributed by atoms with Gasteiger partial charge in [-0.25, -0.2) is 0 Å². The average molecular weight is 514 g/mol. The molecule has 1 aliphatic rings. The number of carbonyl (C=O) groups excluding carboxylic acids is 2. The summed E-state index contributed by atoms with van der Waals surface area (Å²) in [5.74, 6) is -1.87. The molecule has 36 heavy (non-hydrogen) atoms. The highest BCUT2D eigenvalue weighted by molar-refractivity contribution is 6.01. The molecule has 1 fully saturated rings. The summed E-state index contributed by atoms with van der Waals surface area (Å²) in [4.78, 5) is 24.3. The Bertz CT molecular complexity index is 1090. The first kappa shape index (κ1) is 27.4. The van der Waals surface area contributed by atoms with Crippen molar-refractivity contribution in [3.63, 3.8) is 0 Å². The highest BCUT2D eigenvalue weighted by Crippen LogP contribution is 2.40. The molecule has 6 N–H and O–H groups in total. The van der Waals surface area contributed by atoms with Gasteiger partial charge in [0, 0.05) is 25.2 Å². The minimum absolute atomic E-state index is 0.000571. The number of benzene rings is 2. The second-order valence-corrected chi connectivity index (χ2v) is 7.98. The van der Waals surface area contributed by atoms with Gasteiger partial charge in [0.15, 0.2) is 0 Å². The Morgan fingerprint density at radius 3 is 2.00 bits per heavy atom. The van der Waals surface area contributed by atoms with Gasteiger partial charge in [0.05, 0.1) is 12.2 Å². The molecule has 0 unspecified atom stereocenters. The highest BCUT2D eigenvalue weighted by Gasteiger charge is 2.45. The van der Waals surface area contributed by atoms with E-state index in [1.165, 1.54) is 38.4 Å². The molecule has 0 spiro atoms. The summed E-state index contributed by atoms with van der Waals surface area (Å²) in [5, 5.41) is 43.9. The zero-order chi connectivity index (χ0) is 26.8. The van der Waals surface area contributed by atoms with Crippen molar-refractivity contribution in [3.8, 4) is 16.9 Å². The maximum atomic E-state index is 14.0. The van der Waals surface area contributed by atoms with Crippen LogP contribution in [0.1, 0.15) is 26.3 Å². The quantitative estimate of drug-likeness (QED) is 0.321. The van der Waals surface area contributed by atoms with Crippen LogP contribution in [0.15, 0.2) is 36.4 Å². The average Bonchev–Trinajstić information content (AvgIpc) is 2.87. The second-order valence-electron chi connectivity index (χ2n) is 7.98. The van der Waals surface area contributed by atoms with Gasteiger partial charge in [0.1, 0.15) is 30.2 Å². The van der Waals surface area contributed by atoms with Crippen molar-refractivity contribution < 1.29 is 52.7 Å². The lowest BCUT2D eigenvalue weighted by Gasteiger charge is -2.39. The zero-order valence-corrected chi connectivity index (χ0v) is 19.1. The second kappa shape index (κ2) is 10.8. The van der Waals surface area contributed by atoms with Crippen LogP contribution in [-0.4, -0.2) is 83.6 Å². The number of nitrogens with one attached hydrogen (secondary N) is 2. The largest absolute Gasteiger partial charge is 0.461 e. The molecule has 3 rings (SSSR count). The first-order valence-corrected chi connectivity index (χ1v) is 10.7. The molecule has 0 aromatic heterocycles. The van der Waals surface area contributed by atoms with Crippen LogP contribution < -0.4 is 15.4 Å². The fourth-order valence-electron chi connectivity index (χ4n) is 3.67. The van der Waals surface area contributed by atoms with Crippen LogP contribution in [-0.2, 0) is 10.9 Å². The summed E-state index contributed by atoms with van der Waals surface area (Å²) in [7, 11) is 2.73. The van der Waals surface area contributed by atoms with Crippen LogP contribution in [0.4, 0.5) is 13.2 Å². The van der Waals surface area contributed by atoms with Gasteiger partial charge in [-0.15, -0.1) is 0 Å². The molecule has 1 aliphatic heterocycles. The molecule has 2 aromatic carbocycles. The minimum atomic E-state index is -4.94. The first-order chi connectivity index (χ1) is 16.9. The van der Waals surface area contributed by atoms with Crippen LogP contribution in [0.2, 0.25) is 0 Å². The number of hydrogen-bond donors (Lipinski definition) is 6. The number of alkyl halides is 3. The van der Waals surface area contributed by atoms with Crippen LogP contribution in [0.5, 0.6) is 5.75 Å². The lowest BCUT2D eigenvalue weighted by atomic mass is 9.97. The standard InChI is InChI=1S/C23H25F3N2O8/c1-27-20(33)12-5-11(6-13(7-12)21(34)28-2)10-3-4-15(14(8-10)23(24,25)26)35-22-19(32)18(31)17(30)16(9-29)36-22/h3-8,16-19,22,29-32H,9H2,1-2H3,(H,27,33)(H,28,34)/t16-,17-,18+,19+,22+/m1/s1. The number of amides is 2. The molecular formula is C23H25F3N2O8. The van der Waals surface area contributed by atoms with E-state index in [4.69, 9.17) is 9.47 Å². The van der Waals surface area contributed by atoms with Crippen molar-refractivity contribution in [2.24, 2.45) is 0 Å². The van der Waals surface area contributed by atoms with Crippen LogP contribution in [0, 0.1) is 0 Å². The Balaban J connectivity index is 2.05. The van der Waals surface area contributed by atoms with Gasteiger partial charge in [-0.05, 0) is 41.5 Å². The third-order valence-electron chi connectivity index (χ3n) is 5.62. The van der Waals surface area contributed by atoms with E-state index in [1.807, 2.05) is 0 Å². The van der Waals surface area contributed by atoms with Crippen molar-refractivity contribution in [1.82, 2.24) is 10.6 Å². The van der Waals surface area contributed by atoms with Gasteiger partial charge in [0.2, 0.25) is 6.29 Å². The Labute approximate surface area is 203 Å². The zero-order valence-electron chi connectivity index (χ0n) is 19.1. The molecule has 2 aromatic rings. The molecule has 13 heteroatoms. The van der Waals surface area contributed by atoms with Gasteiger partial charge in [-0.3, -0.25) is 9.59 Å². The molecular weight excluding hydrogens is 489 g/mol. The monoisotopic (exact) mass is 514 g/mol. The van der Waals surface area contributed by atoms with Gasteiger partial charge < -0.3 is 40.5 Å². The number of hydrogen-bond acceptors (Lipinski definition) is 8. The fourth-order valence-corrected chi connectivity index (χ4v) is 3.67. The maximum Gasteiger partial charge on any atom is 0.419 e. The molecule has 0 bridgehead atoms. The van der Waals surface area contributed by atoms with Crippen molar-refractivity contribution in [1.29, 1.82) is 0 Å². The molecule has 196 valence electrons. The summed E-state index contributed by atoms with van der Waals surface area (Å²) in [5.41, 5.74) is -1.05. The minimum Gasteiger partial charge on any atom is -0.461 e. The summed E-state index contributed by atoms with van der Waals surface area (Å²) >= 11 is 0.